The van der Waals surface area contributed by atoms with Crippen LogP contribution in [0.5, 0.6) is 0 Å². The molecule has 0 aromatic carbocycles. The standard InChI is InChI=1S/C13H20N2O2/c1-2-12(7-9-16)15-13(17)6-5-11-4-3-8-14-10-11/h3-4,8,10,12,16H,2,5-7,9H2,1H3,(H,15,17). The van der Waals surface area contributed by atoms with Gasteiger partial charge in [-0.3, -0.25) is 9.78 Å². The van der Waals surface area contributed by atoms with Crippen molar-refractivity contribution in [3.8, 4) is 0 Å². The fourth-order valence-corrected chi connectivity index (χ4v) is 1.64. The van der Waals surface area contributed by atoms with Crippen LogP contribution in [-0.2, 0) is 11.2 Å². The van der Waals surface area contributed by atoms with Crippen LogP contribution in [0.3, 0.4) is 0 Å². The van der Waals surface area contributed by atoms with E-state index in [9.17, 15) is 4.79 Å². The zero-order valence-corrected chi connectivity index (χ0v) is 10.2. The van der Waals surface area contributed by atoms with Crippen LogP contribution in [0.15, 0.2) is 24.5 Å². The number of aryl methyl sites for hydroxylation is 1. The van der Waals surface area contributed by atoms with Crippen LogP contribution in [0.1, 0.15) is 31.7 Å². The van der Waals surface area contributed by atoms with E-state index in [1.54, 1.807) is 12.4 Å². The molecule has 0 aliphatic carbocycles. The number of aliphatic hydroxyl groups excluding tert-OH is 1. The Morgan fingerprint density at radius 2 is 2.41 bits per heavy atom. The van der Waals surface area contributed by atoms with Crippen LogP contribution < -0.4 is 5.32 Å². The maximum Gasteiger partial charge on any atom is 0.220 e. The largest absolute Gasteiger partial charge is 0.396 e. The Kier molecular flexibility index (Phi) is 6.25. The van der Waals surface area contributed by atoms with Crippen molar-refractivity contribution in [3.05, 3.63) is 30.1 Å². The molecule has 1 aromatic rings. The first-order chi connectivity index (χ1) is 8.26. The SMILES string of the molecule is CCC(CCO)NC(=O)CCc1cccnc1. The molecule has 0 radical (unpaired) electrons. The lowest BCUT2D eigenvalue weighted by molar-refractivity contribution is -0.121. The van der Waals surface area contributed by atoms with Gasteiger partial charge in [-0.15, -0.1) is 0 Å². The first kappa shape index (κ1) is 13.6. The number of amides is 1. The minimum absolute atomic E-state index is 0.0363. The second-order valence-electron chi connectivity index (χ2n) is 4.05. The van der Waals surface area contributed by atoms with Crippen molar-refractivity contribution in [3.63, 3.8) is 0 Å². The molecule has 17 heavy (non-hydrogen) atoms. The van der Waals surface area contributed by atoms with E-state index in [2.05, 4.69) is 10.3 Å². The maximum atomic E-state index is 11.6. The van der Waals surface area contributed by atoms with E-state index in [1.165, 1.54) is 0 Å². The van der Waals surface area contributed by atoms with E-state index >= 15 is 0 Å². The van der Waals surface area contributed by atoms with Gasteiger partial charge in [0.05, 0.1) is 0 Å². The second kappa shape index (κ2) is 7.79. The number of carbonyl (C=O) groups excluding carboxylic acids is 1. The normalized spacial score (nSPS) is 12.1. The molecule has 1 heterocycles. The summed E-state index contributed by atoms with van der Waals surface area (Å²) < 4.78 is 0. The molecule has 1 rings (SSSR count). The van der Waals surface area contributed by atoms with Gasteiger partial charge in [0, 0.05) is 31.5 Å². The van der Waals surface area contributed by atoms with Crippen LogP contribution in [0.4, 0.5) is 0 Å². The fraction of sp³-hybridized carbons (Fsp3) is 0.538. The third kappa shape index (κ3) is 5.45. The van der Waals surface area contributed by atoms with Gasteiger partial charge in [0.25, 0.3) is 0 Å². The zero-order valence-electron chi connectivity index (χ0n) is 10.2. The highest BCUT2D eigenvalue weighted by molar-refractivity contribution is 5.76. The minimum atomic E-state index is 0.0363. The molecule has 1 atom stereocenters. The van der Waals surface area contributed by atoms with Gasteiger partial charge in [-0.2, -0.15) is 0 Å². The summed E-state index contributed by atoms with van der Waals surface area (Å²) in [6.45, 7) is 2.11. The highest BCUT2D eigenvalue weighted by atomic mass is 16.3. The molecule has 0 fully saturated rings. The van der Waals surface area contributed by atoms with Crippen LogP contribution in [0.2, 0.25) is 0 Å². The lowest BCUT2D eigenvalue weighted by atomic mass is 10.1. The number of nitrogens with one attached hydrogen (secondary N) is 1. The molecule has 0 aliphatic heterocycles. The zero-order chi connectivity index (χ0) is 12.5. The van der Waals surface area contributed by atoms with Gasteiger partial charge in [-0.05, 0) is 30.9 Å². The van der Waals surface area contributed by atoms with E-state index in [0.717, 1.165) is 12.0 Å². The average Bonchev–Trinajstić information content (AvgIpc) is 2.37. The summed E-state index contributed by atoms with van der Waals surface area (Å²) in [5, 5.41) is 11.7. The van der Waals surface area contributed by atoms with Gasteiger partial charge >= 0.3 is 0 Å². The van der Waals surface area contributed by atoms with Crippen molar-refractivity contribution in [2.45, 2.75) is 38.6 Å². The molecule has 1 aromatic heterocycles. The van der Waals surface area contributed by atoms with Crippen LogP contribution in [0, 0.1) is 0 Å². The summed E-state index contributed by atoms with van der Waals surface area (Å²) in [6.07, 6.45) is 6.13. The summed E-state index contributed by atoms with van der Waals surface area (Å²) in [5.74, 6) is 0.0363. The Balaban J connectivity index is 2.30. The van der Waals surface area contributed by atoms with E-state index in [1.807, 2.05) is 19.1 Å². The molecule has 1 amide bonds. The van der Waals surface area contributed by atoms with Crippen molar-refractivity contribution in [1.29, 1.82) is 0 Å². The number of aromatic nitrogens is 1. The van der Waals surface area contributed by atoms with Gasteiger partial charge in [-0.1, -0.05) is 13.0 Å². The van der Waals surface area contributed by atoms with Gasteiger partial charge in [0.15, 0.2) is 0 Å². The van der Waals surface area contributed by atoms with E-state index in [4.69, 9.17) is 5.11 Å². The quantitative estimate of drug-likeness (QED) is 0.750. The van der Waals surface area contributed by atoms with Crippen molar-refractivity contribution in [2.75, 3.05) is 6.61 Å². The Labute approximate surface area is 102 Å². The number of carbonyl (C=O) groups is 1. The molecule has 94 valence electrons. The minimum Gasteiger partial charge on any atom is -0.396 e. The van der Waals surface area contributed by atoms with Crippen LogP contribution in [0.25, 0.3) is 0 Å². The first-order valence-electron chi connectivity index (χ1n) is 6.05. The molecule has 2 N–H and O–H groups in total. The molecule has 0 saturated carbocycles. The summed E-state index contributed by atoms with van der Waals surface area (Å²) in [4.78, 5) is 15.7. The van der Waals surface area contributed by atoms with Gasteiger partial charge in [0.2, 0.25) is 5.91 Å². The summed E-state index contributed by atoms with van der Waals surface area (Å²) in [7, 11) is 0. The second-order valence-corrected chi connectivity index (χ2v) is 4.05. The lowest BCUT2D eigenvalue weighted by Crippen LogP contribution is -2.35. The van der Waals surface area contributed by atoms with Crippen LogP contribution >= 0.6 is 0 Å². The summed E-state index contributed by atoms with van der Waals surface area (Å²) in [6, 6.07) is 3.92. The van der Waals surface area contributed by atoms with E-state index < -0.39 is 0 Å². The number of aliphatic hydroxyl groups is 1. The first-order valence-corrected chi connectivity index (χ1v) is 6.05. The number of hydrogen-bond donors (Lipinski definition) is 2. The highest BCUT2D eigenvalue weighted by Gasteiger charge is 2.09. The number of rotatable bonds is 7. The summed E-state index contributed by atoms with van der Waals surface area (Å²) >= 11 is 0. The molecular formula is C13H20N2O2. The van der Waals surface area contributed by atoms with Gasteiger partial charge in [-0.25, -0.2) is 0 Å². The number of nitrogens with zero attached hydrogens (tertiary/aromatic N) is 1. The smallest absolute Gasteiger partial charge is 0.220 e. The monoisotopic (exact) mass is 236 g/mol. The molecular weight excluding hydrogens is 216 g/mol. The lowest BCUT2D eigenvalue weighted by Gasteiger charge is -2.15. The Hall–Kier alpha value is -1.42. The Bertz CT molecular complexity index is 327. The predicted octanol–water partition coefficient (Wildman–Crippen LogP) is 1.29. The highest BCUT2D eigenvalue weighted by Crippen LogP contribution is 2.02. The summed E-state index contributed by atoms with van der Waals surface area (Å²) in [5.41, 5.74) is 1.07. The topological polar surface area (TPSA) is 62.2 Å². The molecule has 0 saturated heterocycles. The third-order valence-corrected chi connectivity index (χ3v) is 2.70. The number of pyridine rings is 1. The van der Waals surface area contributed by atoms with E-state index in [0.29, 0.717) is 19.3 Å². The molecule has 0 bridgehead atoms. The average molecular weight is 236 g/mol. The van der Waals surface area contributed by atoms with Crippen molar-refractivity contribution >= 4 is 5.91 Å². The van der Waals surface area contributed by atoms with Crippen molar-refractivity contribution < 1.29 is 9.90 Å². The van der Waals surface area contributed by atoms with Crippen molar-refractivity contribution in [2.24, 2.45) is 0 Å². The third-order valence-electron chi connectivity index (χ3n) is 2.70. The molecule has 4 heteroatoms. The Morgan fingerprint density at radius 3 is 3.00 bits per heavy atom. The van der Waals surface area contributed by atoms with Crippen molar-refractivity contribution in [1.82, 2.24) is 10.3 Å². The predicted molar refractivity (Wildman–Crippen MR) is 66.5 cm³/mol. The molecule has 4 nitrogen and oxygen atoms in total. The fourth-order valence-electron chi connectivity index (χ4n) is 1.64. The van der Waals surface area contributed by atoms with E-state index in [-0.39, 0.29) is 18.6 Å². The molecule has 0 aliphatic rings. The Morgan fingerprint density at radius 1 is 1.59 bits per heavy atom. The van der Waals surface area contributed by atoms with Crippen LogP contribution in [-0.4, -0.2) is 28.6 Å². The van der Waals surface area contributed by atoms with Gasteiger partial charge < -0.3 is 10.4 Å². The molecule has 0 spiro atoms. The molecule has 1 unspecified atom stereocenters. The number of hydrogen-bond acceptors (Lipinski definition) is 3. The van der Waals surface area contributed by atoms with Gasteiger partial charge in [0.1, 0.15) is 0 Å². The maximum absolute atomic E-state index is 11.6.